The average Bonchev–Trinajstić information content (AvgIpc) is 2.72. The molecule has 0 unspecified atom stereocenters. The van der Waals surface area contributed by atoms with Gasteiger partial charge in [0.25, 0.3) is 0 Å². The van der Waals surface area contributed by atoms with E-state index in [2.05, 4.69) is 12.2 Å². The van der Waals surface area contributed by atoms with Gasteiger partial charge in [0.05, 0.1) is 17.7 Å². The average molecular weight is 369 g/mol. The Hall–Kier alpha value is -3.53. The van der Waals surface area contributed by atoms with Crippen LogP contribution in [-0.4, -0.2) is 17.5 Å². The first-order valence-electron chi connectivity index (χ1n) is 9.27. The van der Waals surface area contributed by atoms with Crippen LogP contribution in [0.25, 0.3) is 0 Å². The quantitative estimate of drug-likeness (QED) is 0.586. The predicted molar refractivity (Wildman–Crippen MR) is 108 cm³/mol. The molecule has 1 aliphatic carbocycles. The van der Waals surface area contributed by atoms with Crippen LogP contribution in [0.1, 0.15) is 49.9 Å². The van der Waals surface area contributed by atoms with Gasteiger partial charge in [0, 0.05) is 16.7 Å². The zero-order valence-electron chi connectivity index (χ0n) is 15.5. The van der Waals surface area contributed by atoms with Crippen molar-refractivity contribution in [2.75, 3.05) is 5.32 Å². The Morgan fingerprint density at radius 2 is 1.36 bits per heavy atom. The van der Waals surface area contributed by atoms with Crippen molar-refractivity contribution >= 4 is 23.2 Å². The smallest absolute Gasteiger partial charge is 0.228 e. The van der Waals surface area contributed by atoms with Gasteiger partial charge in [-0.15, -0.1) is 0 Å². The van der Waals surface area contributed by atoms with Crippen molar-refractivity contribution in [1.29, 1.82) is 0 Å². The number of nitrogens with one attached hydrogen (secondary N) is 1. The molecule has 1 amide bonds. The Labute approximate surface area is 163 Å². The van der Waals surface area contributed by atoms with Gasteiger partial charge in [0.1, 0.15) is 0 Å². The van der Waals surface area contributed by atoms with Crippen LogP contribution in [0.3, 0.4) is 0 Å². The van der Waals surface area contributed by atoms with E-state index in [1.807, 2.05) is 24.3 Å². The minimum atomic E-state index is -0.242. The summed E-state index contributed by atoms with van der Waals surface area (Å²) in [5.41, 5.74) is 3.85. The molecule has 0 radical (unpaired) electrons. The number of fused-ring (bicyclic) bond motifs is 2. The fraction of sp³-hybridized carbons (Fsp3) is 0.125. The molecule has 0 bridgehead atoms. The lowest BCUT2D eigenvalue weighted by Gasteiger charge is -2.20. The van der Waals surface area contributed by atoms with Gasteiger partial charge < -0.3 is 5.32 Å². The first kappa shape index (κ1) is 17.9. The molecule has 0 aromatic heterocycles. The summed E-state index contributed by atoms with van der Waals surface area (Å²) in [5.74, 6) is -0.665. The third-order valence-electron chi connectivity index (χ3n) is 5.02. The van der Waals surface area contributed by atoms with Gasteiger partial charge in [-0.3, -0.25) is 14.4 Å². The number of carbonyl (C=O) groups is 3. The molecule has 0 saturated heterocycles. The molecule has 138 valence electrons. The molecule has 0 fully saturated rings. The number of hydrogen-bond acceptors (Lipinski definition) is 3. The minimum absolute atomic E-state index is 0.198. The maximum Gasteiger partial charge on any atom is 0.228 e. The Morgan fingerprint density at radius 1 is 0.750 bits per heavy atom. The van der Waals surface area contributed by atoms with Crippen molar-refractivity contribution < 1.29 is 14.4 Å². The Bertz CT molecular complexity index is 1100. The lowest BCUT2D eigenvalue weighted by Crippen LogP contribution is -2.24. The normalized spacial score (nSPS) is 12.3. The Morgan fingerprint density at radius 3 is 2.04 bits per heavy atom. The summed E-state index contributed by atoms with van der Waals surface area (Å²) >= 11 is 0. The highest BCUT2D eigenvalue weighted by Crippen LogP contribution is 2.31. The number of anilines is 1. The number of ketones is 2. The molecular weight excluding hydrogens is 350 g/mol. The molecule has 0 spiro atoms. The molecule has 0 saturated carbocycles. The van der Waals surface area contributed by atoms with Gasteiger partial charge in [-0.05, 0) is 23.6 Å². The minimum Gasteiger partial charge on any atom is -0.325 e. The number of rotatable bonds is 4. The summed E-state index contributed by atoms with van der Waals surface area (Å²) in [7, 11) is 0. The summed E-state index contributed by atoms with van der Waals surface area (Å²) in [6, 6.07) is 19.6. The molecule has 3 aromatic rings. The van der Waals surface area contributed by atoms with E-state index in [0.717, 1.165) is 12.0 Å². The molecule has 4 rings (SSSR count). The van der Waals surface area contributed by atoms with Crippen LogP contribution < -0.4 is 5.32 Å². The first-order chi connectivity index (χ1) is 13.6. The van der Waals surface area contributed by atoms with Crippen molar-refractivity contribution in [2.24, 2.45) is 0 Å². The first-order valence-corrected chi connectivity index (χ1v) is 9.27. The highest BCUT2D eigenvalue weighted by Gasteiger charge is 2.31. The van der Waals surface area contributed by atoms with E-state index in [9.17, 15) is 14.4 Å². The second kappa shape index (κ2) is 7.24. The summed E-state index contributed by atoms with van der Waals surface area (Å²) in [5, 5.41) is 2.82. The van der Waals surface area contributed by atoms with Crippen LogP contribution in [0, 0.1) is 0 Å². The topological polar surface area (TPSA) is 63.2 Å². The second-order valence-electron chi connectivity index (χ2n) is 6.83. The van der Waals surface area contributed by atoms with Crippen molar-refractivity contribution in [2.45, 2.75) is 19.8 Å². The third-order valence-corrected chi connectivity index (χ3v) is 5.02. The molecule has 1 aliphatic rings. The number of hydrogen-bond donors (Lipinski definition) is 1. The van der Waals surface area contributed by atoms with Gasteiger partial charge in [-0.2, -0.15) is 0 Å². The van der Waals surface area contributed by atoms with Crippen LogP contribution in [0.5, 0.6) is 0 Å². The summed E-state index contributed by atoms with van der Waals surface area (Å²) in [6.07, 6.45) is 1.15. The van der Waals surface area contributed by atoms with E-state index in [1.165, 1.54) is 5.56 Å². The van der Waals surface area contributed by atoms with E-state index in [-0.39, 0.29) is 29.5 Å². The predicted octanol–water partition coefficient (Wildman–Crippen LogP) is 4.21. The Kier molecular flexibility index (Phi) is 4.62. The summed E-state index contributed by atoms with van der Waals surface area (Å²) in [6.45, 7) is 2.08. The van der Waals surface area contributed by atoms with Gasteiger partial charge in [0.15, 0.2) is 11.6 Å². The monoisotopic (exact) mass is 369 g/mol. The van der Waals surface area contributed by atoms with Crippen LogP contribution in [0.15, 0.2) is 66.7 Å². The second-order valence-corrected chi connectivity index (χ2v) is 6.83. The highest BCUT2D eigenvalue weighted by atomic mass is 16.2. The van der Waals surface area contributed by atoms with Crippen LogP contribution in [-0.2, 0) is 17.6 Å². The third kappa shape index (κ3) is 3.14. The highest BCUT2D eigenvalue weighted by molar-refractivity contribution is 6.30. The number of amides is 1. The molecule has 0 atom stereocenters. The molecule has 28 heavy (non-hydrogen) atoms. The number of aryl methyl sites for hydroxylation is 1. The van der Waals surface area contributed by atoms with Crippen LogP contribution in [0.4, 0.5) is 5.69 Å². The van der Waals surface area contributed by atoms with Gasteiger partial charge in [0.2, 0.25) is 5.91 Å². The zero-order valence-corrected chi connectivity index (χ0v) is 15.5. The maximum absolute atomic E-state index is 13.0. The van der Waals surface area contributed by atoms with Gasteiger partial charge in [-0.25, -0.2) is 0 Å². The molecule has 0 aliphatic heterocycles. The number of carbonyl (C=O) groups excluding carboxylic acids is 3. The molecule has 4 nitrogen and oxygen atoms in total. The fourth-order valence-corrected chi connectivity index (χ4v) is 3.52. The van der Waals surface area contributed by atoms with E-state index in [4.69, 9.17) is 0 Å². The van der Waals surface area contributed by atoms with Gasteiger partial charge in [-0.1, -0.05) is 67.6 Å². The van der Waals surface area contributed by atoms with E-state index >= 15 is 0 Å². The SMILES string of the molecule is CCc1ccc(CC(=O)Nc2cccc3c2C(=O)c2ccccc2C3=O)cc1. The molecule has 1 N–H and O–H groups in total. The summed E-state index contributed by atoms with van der Waals surface area (Å²) < 4.78 is 0. The van der Waals surface area contributed by atoms with Gasteiger partial charge >= 0.3 is 0 Å². The lowest BCUT2D eigenvalue weighted by molar-refractivity contribution is -0.115. The largest absolute Gasteiger partial charge is 0.325 e. The van der Waals surface area contributed by atoms with Crippen molar-refractivity contribution in [3.63, 3.8) is 0 Å². The molecule has 0 heterocycles. The maximum atomic E-state index is 13.0. The number of benzene rings is 3. The lowest BCUT2D eigenvalue weighted by atomic mass is 9.83. The summed E-state index contributed by atoms with van der Waals surface area (Å²) in [4.78, 5) is 38.3. The molecular formula is C24H19NO3. The standard InChI is InChI=1S/C24H19NO3/c1-2-15-10-12-16(13-11-15)14-21(26)25-20-9-5-8-19-22(20)24(28)18-7-4-3-6-17(18)23(19)27/h3-13H,2,14H2,1H3,(H,25,26). The van der Waals surface area contributed by atoms with E-state index in [1.54, 1.807) is 42.5 Å². The van der Waals surface area contributed by atoms with Crippen molar-refractivity contribution in [1.82, 2.24) is 0 Å². The fourth-order valence-electron chi connectivity index (χ4n) is 3.52. The van der Waals surface area contributed by atoms with E-state index < -0.39 is 0 Å². The van der Waals surface area contributed by atoms with E-state index in [0.29, 0.717) is 22.4 Å². The Balaban J connectivity index is 1.62. The van der Waals surface area contributed by atoms with Crippen molar-refractivity contribution in [3.05, 3.63) is 100 Å². The van der Waals surface area contributed by atoms with Crippen molar-refractivity contribution in [3.8, 4) is 0 Å². The van der Waals surface area contributed by atoms with Crippen LogP contribution in [0.2, 0.25) is 0 Å². The van der Waals surface area contributed by atoms with Crippen LogP contribution >= 0.6 is 0 Å². The molecule has 4 heteroatoms. The zero-order chi connectivity index (χ0) is 19.7. The molecule has 3 aromatic carbocycles.